The maximum Gasteiger partial charge on any atom is 0.141 e. The summed E-state index contributed by atoms with van der Waals surface area (Å²) in [5, 5.41) is 0. The Bertz CT molecular complexity index is 1340. The Morgan fingerprint density at radius 1 is 0.816 bits per heavy atom. The summed E-state index contributed by atoms with van der Waals surface area (Å²) in [6, 6.07) is 25.3. The van der Waals surface area contributed by atoms with Crippen LogP contribution >= 0.6 is 0 Å². The number of imidazole rings is 1. The van der Waals surface area contributed by atoms with E-state index < -0.39 is 0 Å². The van der Waals surface area contributed by atoms with E-state index in [9.17, 15) is 0 Å². The summed E-state index contributed by atoms with van der Waals surface area (Å²) in [6.45, 7) is 14.2. The van der Waals surface area contributed by atoms with Gasteiger partial charge in [-0.05, 0) is 81.8 Å². The molecule has 38 heavy (non-hydrogen) atoms. The number of aromatic nitrogens is 2. The van der Waals surface area contributed by atoms with Gasteiger partial charge in [-0.3, -0.25) is 4.90 Å². The second-order valence-electron chi connectivity index (χ2n) is 10.9. The molecule has 1 aromatic heterocycles. The number of likely N-dealkylation sites (tertiary alicyclic amines) is 1. The van der Waals surface area contributed by atoms with E-state index in [1.165, 1.54) is 63.9 Å². The number of hydrogen-bond acceptors (Lipinski definition) is 2. The van der Waals surface area contributed by atoms with Crippen molar-refractivity contribution >= 4 is 0 Å². The molecule has 0 bridgehead atoms. The molecular weight excluding hydrogens is 462 g/mol. The first-order valence-electron chi connectivity index (χ1n) is 14.6. The van der Waals surface area contributed by atoms with Gasteiger partial charge in [-0.2, -0.15) is 0 Å². The van der Waals surface area contributed by atoms with Crippen LogP contribution < -0.4 is 0 Å². The number of benzene rings is 3. The Labute approximate surface area is 229 Å². The molecule has 1 saturated heterocycles. The molecule has 3 heteroatoms. The van der Waals surface area contributed by atoms with Crippen LogP contribution in [0.4, 0.5) is 0 Å². The van der Waals surface area contributed by atoms with E-state index in [1.807, 2.05) is 0 Å². The summed E-state index contributed by atoms with van der Waals surface area (Å²) < 4.78 is 2.53. The topological polar surface area (TPSA) is 21.1 Å². The van der Waals surface area contributed by atoms with Gasteiger partial charge in [0.05, 0.1) is 11.4 Å². The number of hydrogen-bond donors (Lipinski definition) is 0. The monoisotopic (exact) mass is 505 g/mol. The highest BCUT2D eigenvalue weighted by Gasteiger charge is 2.28. The van der Waals surface area contributed by atoms with Crippen LogP contribution in [0.3, 0.4) is 0 Å². The highest BCUT2D eigenvalue weighted by atomic mass is 15.2. The van der Waals surface area contributed by atoms with Gasteiger partial charge in [-0.25, -0.2) is 4.98 Å². The van der Waals surface area contributed by atoms with E-state index in [0.717, 1.165) is 44.0 Å². The Morgan fingerprint density at radius 3 is 2.13 bits per heavy atom. The minimum atomic E-state index is 0.454. The number of nitrogens with zero attached hydrogens (tertiary/aromatic N) is 3. The summed E-state index contributed by atoms with van der Waals surface area (Å²) in [5.41, 5.74) is 11.9. The lowest BCUT2D eigenvalue weighted by Gasteiger charge is -2.36. The maximum absolute atomic E-state index is 5.52. The average Bonchev–Trinajstić information content (AvgIpc) is 3.30. The van der Waals surface area contributed by atoms with Gasteiger partial charge < -0.3 is 4.57 Å². The molecule has 0 N–H and O–H groups in total. The predicted molar refractivity (Wildman–Crippen MR) is 160 cm³/mol. The van der Waals surface area contributed by atoms with Crippen molar-refractivity contribution in [1.29, 1.82) is 0 Å². The molecule has 1 aliphatic heterocycles. The minimum Gasteiger partial charge on any atom is -0.327 e. The second kappa shape index (κ2) is 11.7. The van der Waals surface area contributed by atoms with Crippen molar-refractivity contribution in [2.24, 2.45) is 0 Å². The first-order chi connectivity index (χ1) is 18.5. The van der Waals surface area contributed by atoms with Crippen molar-refractivity contribution in [1.82, 2.24) is 14.5 Å². The minimum absolute atomic E-state index is 0.454. The van der Waals surface area contributed by atoms with Gasteiger partial charge in [0.1, 0.15) is 5.82 Å². The molecule has 0 saturated carbocycles. The maximum atomic E-state index is 5.52. The third-order valence-electron chi connectivity index (χ3n) is 8.26. The van der Waals surface area contributed by atoms with E-state index in [1.54, 1.807) is 0 Å². The molecule has 3 aromatic carbocycles. The van der Waals surface area contributed by atoms with Crippen molar-refractivity contribution in [3.05, 3.63) is 100 Å². The lowest BCUT2D eigenvalue weighted by molar-refractivity contribution is 0.137. The van der Waals surface area contributed by atoms with Crippen molar-refractivity contribution in [2.45, 2.75) is 85.9 Å². The summed E-state index contributed by atoms with van der Waals surface area (Å²) in [5.74, 6) is 1.14. The Morgan fingerprint density at radius 2 is 1.50 bits per heavy atom. The van der Waals surface area contributed by atoms with Gasteiger partial charge in [0.2, 0.25) is 0 Å². The molecule has 1 unspecified atom stereocenters. The lowest BCUT2D eigenvalue weighted by Crippen LogP contribution is -2.33. The van der Waals surface area contributed by atoms with Crippen LogP contribution in [0.15, 0.2) is 66.7 Å². The zero-order valence-electron chi connectivity index (χ0n) is 23.9. The van der Waals surface area contributed by atoms with Crippen LogP contribution in [0, 0.1) is 13.8 Å². The van der Waals surface area contributed by atoms with Gasteiger partial charge >= 0.3 is 0 Å². The van der Waals surface area contributed by atoms with E-state index >= 15 is 0 Å². The van der Waals surface area contributed by atoms with E-state index in [0.29, 0.717) is 6.04 Å². The molecule has 0 aliphatic carbocycles. The molecule has 0 radical (unpaired) electrons. The van der Waals surface area contributed by atoms with E-state index in [-0.39, 0.29) is 0 Å². The first kappa shape index (κ1) is 26.4. The smallest absolute Gasteiger partial charge is 0.141 e. The Hall–Kier alpha value is -3.17. The molecule has 1 atom stereocenters. The molecular formula is C35H43N3. The number of piperidine rings is 1. The first-order valence-corrected chi connectivity index (χ1v) is 14.6. The zero-order chi connectivity index (χ0) is 26.6. The van der Waals surface area contributed by atoms with Crippen molar-refractivity contribution in [2.75, 3.05) is 6.54 Å². The average molecular weight is 506 g/mol. The molecule has 1 aliphatic rings. The molecule has 2 heterocycles. The number of aryl methyl sites for hydroxylation is 4. The van der Waals surface area contributed by atoms with Crippen LogP contribution in [0.1, 0.15) is 79.6 Å². The molecule has 3 nitrogen and oxygen atoms in total. The summed E-state index contributed by atoms with van der Waals surface area (Å²) in [7, 11) is 0. The third-order valence-corrected chi connectivity index (χ3v) is 8.26. The fourth-order valence-electron chi connectivity index (χ4n) is 6.48. The molecule has 1 fully saturated rings. The second-order valence-corrected chi connectivity index (χ2v) is 10.9. The fraction of sp³-hybridized carbons (Fsp3) is 0.400. The molecule has 5 rings (SSSR count). The molecule has 198 valence electrons. The Kier molecular flexibility index (Phi) is 8.14. The van der Waals surface area contributed by atoms with Crippen LogP contribution in [0.25, 0.3) is 22.6 Å². The number of rotatable bonds is 8. The van der Waals surface area contributed by atoms with Crippen LogP contribution in [-0.4, -0.2) is 21.0 Å². The van der Waals surface area contributed by atoms with Gasteiger partial charge in [-0.15, -0.1) is 0 Å². The van der Waals surface area contributed by atoms with Crippen LogP contribution in [-0.2, 0) is 25.9 Å². The highest BCUT2D eigenvalue weighted by Crippen LogP contribution is 2.38. The SMILES string of the molecule is CCc1cccc(CC)c1-c1nc(-c2cc(C)cc(C)c2)c(CN2CCCCC2c2ccccc2)n1CC. The van der Waals surface area contributed by atoms with Crippen LogP contribution in [0.5, 0.6) is 0 Å². The zero-order valence-corrected chi connectivity index (χ0v) is 23.9. The summed E-state index contributed by atoms with van der Waals surface area (Å²) in [6.07, 6.45) is 5.79. The fourth-order valence-corrected chi connectivity index (χ4v) is 6.48. The third kappa shape index (κ3) is 5.22. The van der Waals surface area contributed by atoms with Gasteiger partial charge in [0.25, 0.3) is 0 Å². The van der Waals surface area contributed by atoms with Crippen LogP contribution in [0.2, 0.25) is 0 Å². The van der Waals surface area contributed by atoms with E-state index in [2.05, 4.69) is 111 Å². The normalized spacial score (nSPS) is 16.2. The molecule has 0 amide bonds. The van der Waals surface area contributed by atoms with Gasteiger partial charge in [-0.1, -0.05) is 86.0 Å². The van der Waals surface area contributed by atoms with Crippen molar-refractivity contribution < 1.29 is 0 Å². The Balaban J connectivity index is 1.70. The van der Waals surface area contributed by atoms with E-state index in [4.69, 9.17) is 4.98 Å². The largest absolute Gasteiger partial charge is 0.327 e. The standard InChI is InChI=1S/C35H43N3/c1-6-27-17-14-18-28(7-2)33(27)35-36-34(30-22-25(4)21-26(5)23-30)32(38(35)8-3)24-37-20-13-12-19-31(37)29-15-10-9-11-16-29/h9-11,14-18,21-23,31H,6-8,12-13,19-20,24H2,1-5H3. The van der Waals surface area contributed by atoms with Gasteiger partial charge in [0.15, 0.2) is 0 Å². The predicted octanol–water partition coefficient (Wildman–Crippen LogP) is 8.71. The molecule has 4 aromatic rings. The van der Waals surface area contributed by atoms with Crippen molar-refractivity contribution in [3.8, 4) is 22.6 Å². The lowest BCUT2D eigenvalue weighted by atomic mass is 9.94. The van der Waals surface area contributed by atoms with Gasteiger partial charge in [0, 0.05) is 30.3 Å². The quantitative estimate of drug-likeness (QED) is 0.239. The van der Waals surface area contributed by atoms with Crippen molar-refractivity contribution in [3.63, 3.8) is 0 Å². The molecule has 0 spiro atoms. The summed E-state index contributed by atoms with van der Waals surface area (Å²) >= 11 is 0. The summed E-state index contributed by atoms with van der Waals surface area (Å²) in [4.78, 5) is 8.23. The highest BCUT2D eigenvalue weighted by molar-refractivity contribution is 5.73.